The first-order chi connectivity index (χ1) is 9.29. The molecular formula is C14H23N3O2. The van der Waals surface area contributed by atoms with Crippen molar-refractivity contribution in [2.45, 2.75) is 45.2 Å². The zero-order chi connectivity index (χ0) is 13.5. The predicted octanol–water partition coefficient (Wildman–Crippen LogP) is 1.59. The van der Waals surface area contributed by atoms with Crippen LogP contribution in [0.25, 0.3) is 0 Å². The van der Waals surface area contributed by atoms with Crippen LogP contribution in [-0.4, -0.2) is 34.7 Å². The number of nitrogens with zero attached hydrogens (tertiary/aromatic N) is 2. The molecule has 1 aliphatic carbocycles. The van der Waals surface area contributed by atoms with Crippen molar-refractivity contribution in [3.63, 3.8) is 0 Å². The number of aromatic nitrogens is 2. The van der Waals surface area contributed by atoms with Gasteiger partial charge in [0.1, 0.15) is 0 Å². The average molecular weight is 265 g/mol. The van der Waals surface area contributed by atoms with E-state index in [4.69, 9.17) is 4.74 Å². The van der Waals surface area contributed by atoms with E-state index < -0.39 is 0 Å². The van der Waals surface area contributed by atoms with E-state index in [2.05, 4.69) is 14.9 Å². The molecule has 1 aromatic rings. The van der Waals surface area contributed by atoms with Crippen LogP contribution >= 0.6 is 0 Å². The predicted molar refractivity (Wildman–Crippen MR) is 72.6 cm³/mol. The second-order valence-electron chi connectivity index (χ2n) is 5.07. The van der Waals surface area contributed by atoms with E-state index in [0.717, 1.165) is 38.8 Å². The molecule has 1 N–H and O–H groups in total. The summed E-state index contributed by atoms with van der Waals surface area (Å²) in [5, 5.41) is 3.53. The van der Waals surface area contributed by atoms with Gasteiger partial charge in [0, 0.05) is 31.5 Å². The standard InChI is InChI=1S/C14H23N3O2/c1-2-19-14(18)12-4-3-5-13(10-12)16-7-9-17-8-6-15-11-17/h6,8,11-13,16H,2-5,7,9-10H2,1H3. The van der Waals surface area contributed by atoms with Gasteiger partial charge in [-0.2, -0.15) is 0 Å². The summed E-state index contributed by atoms with van der Waals surface area (Å²) in [5.74, 6) is 0.0584. The van der Waals surface area contributed by atoms with Gasteiger partial charge in [-0.05, 0) is 26.2 Å². The fourth-order valence-corrected chi connectivity index (χ4v) is 2.67. The van der Waals surface area contributed by atoms with E-state index in [1.54, 1.807) is 6.20 Å². The van der Waals surface area contributed by atoms with Crippen molar-refractivity contribution in [1.29, 1.82) is 0 Å². The number of hydrogen-bond donors (Lipinski definition) is 1. The van der Waals surface area contributed by atoms with Crippen molar-refractivity contribution in [3.8, 4) is 0 Å². The monoisotopic (exact) mass is 265 g/mol. The van der Waals surface area contributed by atoms with Crippen molar-refractivity contribution in [2.24, 2.45) is 5.92 Å². The number of rotatable bonds is 6. The number of nitrogens with one attached hydrogen (secondary N) is 1. The molecule has 1 saturated carbocycles. The first-order valence-corrected chi connectivity index (χ1v) is 7.15. The molecule has 2 rings (SSSR count). The van der Waals surface area contributed by atoms with Gasteiger partial charge in [0.25, 0.3) is 0 Å². The summed E-state index contributed by atoms with van der Waals surface area (Å²) in [7, 11) is 0. The Morgan fingerprint density at radius 3 is 3.16 bits per heavy atom. The van der Waals surface area contributed by atoms with Gasteiger partial charge in [-0.25, -0.2) is 4.98 Å². The Balaban J connectivity index is 1.70. The van der Waals surface area contributed by atoms with Gasteiger partial charge in [0.05, 0.1) is 18.9 Å². The largest absolute Gasteiger partial charge is 0.466 e. The minimum atomic E-state index is -0.0244. The quantitative estimate of drug-likeness (QED) is 0.794. The number of hydrogen-bond acceptors (Lipinski definition) is 4. The molecule has 2 atom stereocenters. The molecule has 1 fully saturated rings. The van der Waals surface area contributed by atoms with Crippen molar-refractivity contribution < 1.29 is 9.53 Å². The van der Waals surface area contributed by atoms with Crippen LogP contribution in [0.2, 0.25) is 0 Å². The normalized spacial score (nSPS) is 23.2. The third kappa shape index (κ3) is 4.35. The number of imidazole rings is 1. The van der Waals surface area contributed by atoms with Gasteiger partial charge >= 0.3 is 5.97 Å². The molecule has 1 heterocycles. The maximum Gasteiger partial charge on any atom is 0.308 e. The summed E-state index contributed by atoms with van der Waals surface area (Å²) in [4.78, 5) is 15.8. The van der Waals surface area contributed by atoms with Crippen molar-refractivity contribution in [2.75, 3.05) is 13.2 Å². The fraction of sp³-hybridized carbons (Fsp3) is 0.714. The number of esters is 1. The molecule has 0 saturated heterocycles. The van der Waals surface area contributed by atoms with Crippen LogP contribution in [0.4, 0.5) is 0 Å². The van der Waals surface area contributed by atoms with Crippen LogP contribution in [-0.2, 0) is 16.1 Å². The van der Waals surface area contributed by atoms with Crippen LogP contribution in [0.5, 0.6) is 0 Å². The first kappa shape index (κ1) is 14.1. The van der Waals surface area contributed by atoms with E-state index in [0.29, 0.717) is 12.6 Å². The Labute approximate surface area is 114 Å². The number of carbonyl (C=O) groups is 1. The second kappa shape index (κ2) is 7.28. The van der Waals surface area contributed by atoms with Crippen LogP contribution in [0.1, 0.15) is 32.6 Å². The Hall–Kier alpha value is -1.36. The molecule has 0 radical (unpaired) electrons. The maximum absolute atomic E-state index is 11.7. The average Bonchev–Trinajstić information content (AvgIpc) is 2.93. The lowest BCUT2D eigenvalue weighted by Crippen LogP contribution is -2.38. The summed E-state index contributed by atoms with van der Waals surface area (Å²) in [6.45, 7) is 4.17. The van der Waals surface area contributed by atoms with E-state index in [9.17, 15) is 4.79 Å². The summed E-state index contributed by atoms with van der Waals surface area (Å²) in [5.41, 5.74) is 0. The van der Waals surface area contributed by atoms with Gasteiger partial charge in [-0.1, -0.05) is 6.42 Å². The molecule has 0 aromatic carbocycles. The topological polar surface area (TPSA) is 56.1 Å². The second-order valence-corrected chi connectivity index (χ2v) is 5.07. The molecule has 0 bridgehead atoms. The molecule has 0 amide bonds. The number of ether oxygens (including phenoxy) is 1. The highest BCUT2D eigenvalue weighted by atomic mass is 16.5. The van der Waals surface area contributed by atoms with Crippen molar-refractivity contribution >= 4 is 5.97 Å². The molecule has 0 aliphatic heterocycles. The lowest BCUT2D eigenvalue weighted by Gasteiger charge is -2.28. The molecule has 19 heavy (non-hydrogen) atoms. The highest BCUT2D eigenvalue weighted by molar-refractivity contribution is 5.72. The summed E-state index contributed by atoms with van der Waals surface area (Å²) < 4.78 is 7.17. The Morgan fingerprint density at radius 2 is 2.42 bits per heavy atom. The summed E-state index contributed by atoms with van der Waals surface area (Å²) in [6.07, 6.45) is 9.71. The Kier molecular flexibility index (Phi) is 5.39. The molecule has 1 aromatic heterocycles. The van der Waals surface area contributed by atoms with Crippen molar-refractivity contribution in [3.05, 3.63) is 18.7 Å². The van der Waals surface area contributed by atoms with Crippen LogP contribution in [0.3, 0.4) is 0 Å². The minimum Gasteiger partial charge on any atom is -0.466 e. The zero-order valence-electron chi connectivity index (χ0n) is 11.5. The van der Waals surface area contributed by atoms with Gasteiger partial charge in [0.15, 0.2) is 0 Å². The summed E-state index contributed by atoms with van der Waals surface area (Å²) >= 11 is 0. The maximum atomic E-state index is 11.7. The third-order valence-corrected chi connectivity index (χ3v) is 3.66. The molecule has 2 unspecified atom stereocenters. The molecular weight excluding hydrogens is 242 g/mol. The Bertz CT molecular complexity index is 378. The lowest BCUT2D eigenvalue weighted by atomic mass is 9.86. The molecule has 1 aliphatic rings. The van der Waals surface area contributed by atoms with E-state index in [1.165, 1.54) is 0 Å². The molecule has 0 spiro atoms. The Morgan fingerprint density at radius 1 is 1.53 bits per heavy atom. The van der Waals surface area contributed by atoms with Gasteiger partial charge in [-0.3, -0.25) is 4.79 Å². The van der Waals surface area contributed by atoms with E-state index in [1.807, 2.05) is 19.4 Å². The minimum absolute atomic E-state index is 0.0244. The third-order valence-electron chi connectivity index (χ3n) is 3.66. The molecule has 106 valence electrons. The highest BCUT2D eigenvalue weighted by Crippen LogP contribution is 2.25. The summed E-state index contributed by atoms with van der Waals surface area (Å²) in [6, 6.07) is 0.437. The SMILES string of the molecule is CCOC(=O)C1CCCC(NCCn2ccnc2)C1. The highest BCUT2D eigenvalue weighted by Gasteiger charge is 2.27. The lowest BCUT2D eigenvalue weighted by molar-refractivity contribution is -0.149. The fourth-order valence-electron chi connectivity index (χ4n) is 2.67. The van der Waals surface area contributed by atoms with Crippen LogP contribution in [0.15, 0.2) is 18.7 Å². The van der Waals surface area contributed by atoms with Gasteiger partial charge in [-0.15, -0.1) is 0 Å². The number of carbonyl (C=O) groups excluding carboxylic acids is 1. The van der Waals surface area contributed by atoms with Gasteiger partial charge < -0.3 is 14.6 Å². The van der Waals surface area contributed by atoms with Crippen LogP contribution < -0.4 is 5.32 Å². The van der Waals surface area contributed by atoms with Crippen LogP contribution in [0, 0.1) is 5.92 Å². The molecule has 5 heteroatoms. The van der Waals surface area contributed by atoms with E-state index >= 15 is 0 Å². The zero-order valence-corrected chi connectivity index (χ0v) is 11.5. The molecule has 5 nitrogen and oxygen atoms in total. The van der Waals surface area contributed by atoms with E-state index in [-0.39, 0.29) is 11.9 Å². The van der Waals surface area contributed by atoms with Crippen molar-refractivity contribution in [1.82, 2.24) is 14.9 Å². The smallest absolute Gasteiger partial charge is 0.308 e. The van der Waals surface area contributed by atoms with Gasteiger partial charge in [0.2, 0.25) is 0 Å². The first-order valence-electron chi connectivity index (χ1n) is 7.15.